The minimum Gasteiger partial charge on any atom is -0.497 e. The quantitative estimate of drug-likeness (QED) is 0.465. The first-order valence-corrected chi connectivity index (χ1v) is 11.8. The first-order chi connectivity index (χ1) is 16.6. The van der Waals surface area contributed by atoms with E-state index in [2.05, 4.69) is 11.4 Å². The number of thioether (sulfide) groups is 1. The maximum Gasteiger partial charge on any atom is 0.234 e. The highest BCUT2D eigenvalue weighted by Gasteiger charge is 2.24. The van der Waals surface area contributed by atoms with Gasteiger partial charge >= 0.3 is 0 Å². The minimum atomic E-state index is -0.200. The van der Waals surface area contributed by atoms with E-state index in [0.29, 0.717) is 27.8 Å². The van der Waals surface area contributed by atoms with Crippen molar-refractivity contribution in [3.63, 3.8) is 0 Å². The molecule has 0 fully saturated rings. The third kappa shape index (κ3) is 4.80. The second-order valence-electron chi connectivity index (χ2n) is 7.69. The van der Waals surface area contributed by atoms with Gasteiger partial charge in [0.1, 0.15) is 16.8 Å². The number of benzene rings is 2. The SMILES string of the molecule is COc1ccc(-c2c(C#N)c(SCC(=O)Nc3ccc(OC)c(OC)c3)nc3c2CCC3)cc1. The van der Waals surface area contributed by atoms with E-state index in [-0.39, 0.29) is 11.7 Å². The fraction of sp³-hybridized carbons (Fsp3) is 0.269. The molecule has 0 atom stereocenters. The molecule has 0 bridgehead atoms. The number of fused-ring (bicyclic) bond motifs is 1. The van der Waals surface area contributed by atoms with Crippen molar-refractivity contribution in [2.45, 2.75) is 24.3 Å². The Morgan fingerprint density at radius 1 is 1.06 bits per heavy atom. The number of carbonyl (C=O) groups excluding carboxylic acids is 1. The number of hydrogen-bond donors (Lipinski definition) is 1. The van der Waals surface area contributed by atoms with Gasteiger partial charge in [-0.15, -0.1) is 0 Å². The number of nitrogens with one attached hydrogen (secondary N) is 1. The molecule has 0 aliphatic heterocycles. The Kier molecular flexibility index (Phi) is 7.24. The number of hydrogen-bond acceptors (Lipinski definition) is 7. The van der Waals surface area contributed by atoms with Gasteiger partial charge in [-0.1, -0.05) is 23.9 Å². The number of pyridine rings is 1. The first kappa shape index (κ1) is 23.5. The normalized spacial score (nSPS) is 11.9. The van der Waals surface area contributed by atoms with Crippen molar-refractivity contribution in [2.24, 2.45) is 0 Å². The average molecular weight is 476 g/mol. The summed E-state index contributed by atoms with van der Waals surface area (Å²) in [6.07, 6.45) is 2.77. The van der Waals surface area contributed by atoms with Crippen molar-refractivity contribution < 1.29 is 19.0 Å². The summed E-state index contributed by atoms with van der Waals surface area (Å²) >= 11 is 1.27. The summed E-state index contributed by atoms with van der Waals surface area (Å²) in [6, 6.07) is 15.2. The van der Waals surface area contributed by atoms with Gasteiger partial charge in [-0.05, 0) is 54.7 Å². The van der Waals surface area contributed by atoms with Crippen LogP contribution in [0.15, 0.2) is 47.5 Å². The van der Waals surface area contributed by atoms with Crippen molar-refractivity contribution in [3.8, 4) is 34.4 Å². The highest BCUT2D eigenvalue weighted by molar-refractivity contribution is 8.00. The number of aryl methyl sites for hydroxylation is 1. The van der Waals surface area contributed by atoms with Gasteiger partial charge in [-0.3, -0.25) is 4.79 Å². The van der Waals surface area contributed by atoms with Crippen LogP contribution in [0.1, 0.15) is 23.2 Å². The highest BCUT2D eigenvalue weighted by atomic mass is 32.2. The number of amides is 1. The molecule has 1 aromatic heterocycles. The molecule has 0 spiro atoms. The van der Waals surface area contributed by atoms with Crippen LogP contribution in [0.4, 0.5) is 5.69 Å². The van der Waals surface area contributed by atoms with E-state index in [1.54, 1.807) is 39.5 Å². The van der Waals surface area contributed by atoms with Crippen molar-refractivity contribution >= 4 is 23.4 Å². The number of ether oxygens (including phenoxy) is 3. The van der Waals surface area contributed by atoms with Gasteiger partial charge in [-0.25, -0.2) is 4.98 Å². The fourth-order valence-corrected chi connectivity index (χ4v) is 4.89. The van der Waals surface area contributed by atoms with Crippen LogP contribution in [0.25, 0.3) is 11.1 Å². The summed E-state index contributed by atoms with van der Waals surface area (Å²) < 4.78 is 15.8. The molecule has 8 heteroatoms. The number of carbonyl (C=O) groups is 1. The molecule has 1 amide bonds. The van der Waals surface area contributed by atoms with Crippen LogP contribution in [-0.2, 0) is 17.6 Å². The second-order valence-corrected chi connectivity index (χ2v) is 8.66. The van der Waals surface area contributed by atoms with Crippen LogP contribution in [0.2, 0.25) is 0 Å². The Balaban J connectivity index is 1.58. The number of aromatic nitrogens is 1. The maximum atomic E-state index is 12.7. The lowest BCUT2D eigenvalue weighted by Gasteiger charge is -2.15. The molecule has 174 valence electrons. The monoisotopic (exact) mass is 475 g/mol. The van der Waals surface area contributed by atoms with Crippen molar-refractivity contribution in [2.75, 3.05) is 32.4 Å². The van der Waals surface area contributed by atoms with E-state index in [1.807, 2.05) is 24.3 Å². The molecule has 0 saturated heterocycles. The van der Waals surface area contributed by atoms with Gasteiger partial charge in [0.2, 0.25) is 5.91 Å². The van der Waals surface area contributed by atoms with Gasteiger partial charge in [0.15, 0.2) is 11.5 Å². The highest BCUT2D eigenvalue weighted by Crippen LogP contribution is 2.39. The van der Waals surface area contributed by atoms with Crippen molar-refractivity contribution in [3.05, 3.63) is 59.3 Å². The molecule has 4 rings (SSSR count). The molecular formula is C26H25N3O4S. The van der Waals surface area contributed by atoms with E-state index in [0.717, 1.165) is 47.4 Å². The lowest BCUT2D eigenvalue weighted by Crippen LogP contribution is -2.14. The van der Waals surface area contributed by atoms with E-state index in [9.17, 15) is 10.1 Å². The third-order valence-corrected chi connectivity index (χ3v) is 6.66. The molecule has 7 nitrogen and oxygen atoms in total. The van der Waals surface area contributed by atoms with Gasteiger partial charge < -0.3 is 19.5 Å². The molecule has 0 radical (unpaired) electrons. The molecule has 0 saturated carbocycles. The lowest BCUT2D eigenvalue weighted by molar-refractivity contribution is -0.113. The predicted octanol–water partition coefficient (Wildman–Crippen LogP) is 4.87. The van der Waals surface area contributed by atoms with Gasteiger partial charge in [0, 0.05) is 23.0 Å². The van der Waals surface area contributed by atoms with Crippen LogP contribution < -0.4 is 19.5 Å². The largest absolute Gasteiger partial charge is 0.497 e. The number of nitrogens with zero attached hydrogens (tertiary/aromatic N) is 2. The Hall–Kier alpha value is -3.70. The fourth-order valence-electron chi connectivity index (χ4n) is 4.09. The summed E-state index contributed by atoms with van der Waals surface area (Å²) in [5.41, 5.74) is 5.11. The molecule has 1 heterocycles. The van der Waals surface area contributed by atoms with E-state index < -0.39 is 0 Å². The molecule has 1 aliphatic carbocycles. The van der Waals surface area contributed by atoms with Crippen LogP contribution in [0.3, 0.4) is 0 Å². The molecule has 3 aromatic rings. The average Bonchev–Trinajstić information content (AvgIpc) is 3.34. The summed E-state index contributed by atoms with van der Waals surface area (Å²) in [5, 5.41) is 13.5. The minimum absolute atomic E-state index is 0.122. The van der Waals surface area contributed by atoms with Gasteiger partial charge in [0.05, 0.1) is 32.6 Å². The van der Waals surface area contributed by atoms with Crippen LogP contribution in [0.5, 0.6) is 17.2 Å². The summed E-state index contributed by atoms with van der Waals surface area (Å²) in [7, 11) is 4.73. The van der Waals surface area contributed by atoms with E-state index >= 15 is 0 Å². The summed E-state index contributed by atoms with van der Waals surface area (Å²) in [5.74, 6) is 1.80. The Labute approximate surface area is 203 Å². The Morgan fingerprint density at radius 3 is 2.50 bits per heavy atom. The lowest BCUT2D eigenvalue weighted by atomic mass is 9.95. The van der Waals surface area contributed by atoms with Crippen LogP contribution >= 0.6 is 11.8 Å². The second kappa shape index (κ2) is 10.5. The number of anilines is 1. The van der Waals surface area contributed by atoms with Crippen LogP contribution in [-0.4, -0.2) is 38.0 Å². The first-order valence-electron chi connectivity index (χ1n) is 10.8. The van der Waals surface area contributed by atoms with Crippen molar-refractivity contribution in [1.82, 2.24) is 4.98 Å². The number of nitriles is 1. The molecule has 34 heavy (non-hydrogen) atoms. The predicted molar refractivity (Wildman–Crippen MR) is 132 cm³/mol. The molecule has 1 N–H and O–H groups in total. The van der Waals surface area contributed by atoms with Crippen molar-refractivity contribution in [1.29, 1.82) is 5.26 Å². The van der Waals surface area contributed by atoms with Crippen LogP contribution in [0, 0.1) is 11.3 Å². The van der Waals surface area contributed by atoms with Gasteiger partial charge in [-0.2, -0.15) is 5.26 Å². The smallest absolute Gasteiger partial charge is 0.234 e. The number of rotatable bonds is 8. The molecular weight excluding hydrogens is 450 g/mol. The molecule has 1 aliphatic rings. The summed E-state index contributed by atoms with van der Waals surface area (Å²) in [4.78, 5) is 17.4. The molecule has 2 aromatic carbocycles. The number of methoxy groups -OCH3 is 3. The summed E-state index contributed by atoms with van der Waals surface area (Å²) in [6.45, 7) is 0. The topological polar surface area (TPSA) is 93.5 Å². The zero-order valence-electron chi connectivity index (χ0n) is 19.3. The standard InChI is InChI=1S/C26H25N3O4S/c1-31-18-10-7-16(8-11-18)25-19-5-4-6-21(19)29-26(20(25)14-27)34-15-24(30)28-17-9-12-22(32-2)23(13-17)33-3/h7-13H,4-6,15H2,1-3H3,(H,28,30). The zero-order valence-corrected chi connectivity index (χ0v) is 20.1. The Morgan fingerprint density at radius 2 is 1.82 bits per heavy atom. The third-order valence-electron chi connectivity index (χ3n) is 5.69. The van der Waals surface area contributed by atoms with Gasteiger partial charge in [0.25, 0.3) is 0 Å². The maximum absolute atomic E-state index is 12.7. The Bertz CT molecular complexity index is 1250. The molecule has 0 unspecified atom stereocenters. The van der Waals surface area contributed by atoms with E-state index in [1.165, 1.54) is 11.8 Å². The van der Waals surface area contributed by atoms with E-state index in [4.69, 9.17) is 19.2 Å². The zero-order chi connectivity index (χ0) is 24.1.